The van der Waals surface area contributed by atoms with Gasteiger partial charge in [-0.15, -0.1) is 0 Å². The van der Waals surface area contributed by atoms with Crippen molar-refractivity contribution in [3.05, 3.63) is 0 Å². The first-order valence-corrected chi connectivity index (χ1v) is 7.69. The summed E-state index contributed by atoms with van der Waals surface area (Å²) >= 11 is 0. The zero-order valence-electron chi connectivity index (χ0n) is 12.2. The van der Waals surface area contributed by atoms with Gasteiger partial charge in [0.25, 0.3) is 0 Å². The van der Waals surface area contributed by atoms with Gasteiger partial charge in [-0.25, -0.2) is 0 Å². The highest BCUT2D eigenvalue weighted by Gasteiger charge is 2.33. The Morgan fingerprint density at radius 1 is 1.25 bits per heavy atom. The van der Waals surface area contributed by atoms with Crippen LogP contribution in [-0.4, -0.2) is 47.7 Å². The average Bonchev–Trinajstić information content (AvgIpc) is 2.35. The molecule has 1 saturated carbocycles. The largest absolute Gasteiger partial charge is 0.481 e. The molecule has 20 heavy (non-hydrogen) atoms. The van der Waals surface area contributed by atoms with Gasteiger partial charge in [-0.05, 0) is 44.4 Å². The van der Waals surface area contributed by atoms with Crippen LogP contribution in [0.4, 0.5) is 0 Å². The fourth-order valence-electron chi connectivity index (χ4n) is 3.29. The van der Waals surface area contributed by atoms with Gasteiger partial charge in [-0.3, -0.25) is 9.59 Å². The summed E-state index contributed by atoms with van der Waals surface area (Å²) in [5, 5.41) is 8.85. The second-order valence-corrected chi connectivity index (χ2v) is 6.06. The summed E-state index contributed by atoms with van der Waals surface area (Å²) in [4.78, 5) is 24.9. The van der Waals surface area contributed by atoms with E-state index in [1.165, 1.54) is 0 Å². The number of ether oxygens (including phenoxy) is 1. The molecule has 0 spiro atoms. The molecule has 0 aromatic heterocycles. The van der Waals surface area contributed by atoms with Crippen molar-refractivity contribution < 1.29 is 19.4 Å². The van der Waals surface area contributed by atoms with E-state index in [4.69, 9.17) is 9.84 Å². The van der Waals surface area contributed by atoms with Crippen molar-refractivity contribution in [2.24, 2.45) is 11.8 Å². The molecule has 1 amide bonds. The van der Waals surface area contributed by atoms with Crippen molar-refractivity contribution in [2.75, 3.05) is 19.7 Å². The van der Waals surface area contributed by atoms with E-state index in [1.54, 1.807) is 0 Å². The van der Waals surface area contributed by atoms with Crippen LogP contribution in [0.2, 0.25) is 0 Å². The van der Waals surface area contributed by atoms with Crippen LogP contribution in [0, 0.1) is 11.8 Å². The lowest BCUT2D eigenvalue weighted by Crippen LogP contribution is -2.43. The Labute approximate surface area is 120 Å². The first-order chi connectivity index (χ1) is 9.58. The quantitative estimate of drug-likeness (QED) is 0.808. The third kappa shape index (κ3) is 4.20. The number of hydrogen-bond donors (Lipinski definition) is 1. The molecule has 1 heterocycles. The summed E-state index contributed by atoms with van der Waals surface area (Å²) in [5.41, 5.74) is 0. The van der Waals surface area contributed by atoms with E-state index in [0.717, 1.165) is 38.8 Å². The number of aliphatic carboxylic acids is 1. The predicted molar refractivity (Wildman–Crippen MR) is 74.3 cm³/mol. The van der Waals surface area contributed by atoms with Crippen LogP contribution in [0.1, 0.15) is 45.4 Å². The van der Waals surface area contributed by atoms with E-state index < -0.39 is 5.97 Å². The molecule has 0 bridgehead atoms. The minimum Gasteiger partial charge on any atom is -0.481 e. The number of likely N-dealkylation sites (tertiary alicyclic amines) is 1. The summed E-state index contributed by atoms with van der Waals surface area (Å²) in [7, 11) is 0. The molecule has 0 radical (unpaired) electrons. The molecule has 1 N–H and O–H groups in total. The van der Waals surface area contributed by atoms with Crippen LogP contribution in [0.15, 0.2) is 0 Å². The number of carbonyl (C=O) groups excluding carboxylic acids is 1. The molecular formula is C15H25NO4. The third-order valence-electron chi connectivity index (χ3n) is 4.39. The Balaban J connectivity index is 1.71. The van der Waals surface area contributed by atoms with E-state index >= 15 is 0 Å². The maximum Gasteiger partial charge on any atom is 0.303 e. The number of carboxylic acids is 1. The summed E-state index contributed by atoms with van der Waals surface area (Å²) in [6.45, 7) is 4.15. The first kappa shape index (κ1) is 15.3. The van der Waals surface area contributed by atoms with Crippen molar-refractivity contribution in [2.45, 2.75) is 51.6 Å². The van der Waals surface area contributed by atoms with Crippen LogP contribution >= 0.6 is 0 Å². The van der Waals surface area contributed by atoms with Gasteiger partial charge in [0, 0.05) is 32.5 Å². The number of nitrogens with zero attached hydrogens (tertiary/aromatic N) is 1. The predicted octanol–water partition coefficient (Wildman–Crippen LogP) is 1.90. The Bertz CT molecular complexity index is 352. The van der Waals surface area contributed by atoms with E-state index in [0.29, 0.717) is 25.0 Å². The lowest BCUT2D eigenvalue weighted by molar-refractivity contribution is -0.141. The standard InChI is InChI=1S/C15H25NO4/c1-2-20-13-6-12(7-13)8-14(17)16-5-3-4-11(10-16)9-15(18)19/h11-13H,2-10H2,1H3,(H,18,19). The van der Waals surface area contributed by atoms with Crippen molar-refractivity contribution in [1.29, 1.82) is 0 Å². The summed E-state index contributed by atoms with van der Waals surface area (Å²) in [5.74, 6) is 0.0181. The highest BCUT2D eigenvalue weighted by Crippen LogP contribution is 2.33. The Morgan fingerprint density at radius 2 is 2.00 bits per heavy atom. The van der Waals surface area contributed by atoms with E-state index in [1.807, 2.05) is 11.8 Å². The van der Waals surface area contributed by atoms with Crippen molar-refractivity contribution >= 4 is 11.9 Å². The zero-order chi connectivity index (χ0) is 14.5. The molecule has 114 valence electrons. The molecule has 5 heteroatoms. The molecule has 1 unspecified atom stereocenters. The zero-order valence-corrected chi connectivity index (χ0v) is 12.2. The van der Waals surface area contributed by atoms with E-state index in [2.05, 4.69) is 0 Å². The van der Waals surface area contributed by atoms with Crippen LogP contribution in [0.25, 0.3) is 0 Å². The second-order valence-electron chi connectivity index (χ2n) is 6.06. The smallest absolute Gasteiger partial charge is 0.303 e. The van der Waals surface area contributed by atoms with E-state index in [9.17, 15) is 9.59 Å². The fourth-order valence-corrected chi connectivity index (χ4v) is 3.29. The lowest BCUT2D eigenvalue weighted by atomic mass is 9.79. The van der Waals surface area contributed by atoms with Gasteiger partial charge < -0.3 is 14.7 Å². The van der Waals surface area contributed by atoms with Crippen molar-refractivity contribution in [3.8, 4) is 0 Å². The van der Waals surface area contributed by atoms with Crippen LogP contribution in [-0.2, 0) is 14.3 Å². The monoisotopic (exact) mass is 283 g/mol. The average molecular weight is 283 g/mol. The SMILES string of the molecule is CCOC1CC(CC(=O)N2CCCC(CC(=O)O)C2)C1. The fraction of sp³-hybridized carbons (Fsp3) is 0.867. The highest BCUT2D eigenvalue weighted by molar-refractivity contribution is 5.76. The van der Waals surface area contributed by atoms with Gasteiger partial charge in [0.15, 0.2) is 0 Å². The molecule has 0 aromatic carbocycles. The van der Waals surface area contributed by atoms with Gasteiger partial charge >= 0.3 is 5.97 Å². The Hall–Kier alpha value is -1.10. The Kier molecular flexibility index (Phi) is 5.40. The van der Waals surface area contributed by atoms with Crippen molar-refractivity contribution in [3.63, 3.8) is 0 Å². The van der Waals surface area contributed by atoms with E-state index in [-0.39, 0.29) is 18.2 Å². The molecule has 1 atom stereocenters. The molecular weight excluding hydrogens is 258 g/mol. The van der Waals surface area contributed by atoms with Gasteiger partial charge in [-0.1, -0.05) is 0 Å². The molecule has 5 nitrogen and oxygen atoms in total. The number of carbonyl (C=O) groups is 2. The molecule has 1 saturated heterocycles. The number of piperidine rings is 1. The number of hydrogen-bond acceptors (Lipinski definition) is 3. The van der Waals surface area contributed by atoms with Crippen LogP contribution in [0.3, 0.4) is 0 Å². The summed E-state index contributed by atoms with van der Waals surface area (Å²) in [6, 6.07) is 0. The highest BCUT2D eigenvalue weighted by atomic mass is 16.5. The van der Waals surface area contributed by atoms with Gasteiger partial charge in [0.05, 0.1) is 6.10 Å². The van der Waals surface area contributed by atoms with Crippen LogP contribution in [0.5, 0.6) is 0 Å². The second kappa shape index (κ2) is 7.07. The normalized spacial score (nSPS) is 29.9. The molecule has 2 fully saturated rings. The third-order valence-corrected chi connectivity index (χ3v) is 4.39. The van der Waals surface area contributed by atoms with Crippen LogP contribution < -0.4 is 0 Å². The maximum absolute atomic E-state index is 12.2. The minimum atomic E-state index is -0.761. The molecule has 2 aliphatic rings. The minimum absolute atomic E-state index is 0.128. The maximum atomic E-state index is 12.2. The number of amides is 1. The summed E-state index contributed by atoms with van der Waals surface area (Å²) in [6.07, 6.45) is 4.96. The molecule has 1 aliphatic heterocycles. The Morgan fingerprint density at radius 3 is 2.65 bits per heavy atom. The molecule has 2 rings (SSSR count). The number of carboxylic acid groups (broad SMARTS) is 1. The van der Waals surface area contributed by atoms with Gasteiger partial charge in [0.2, 0.25) is 5.91 Å². The van der Waals surface area contributed by atoms with Gasteiger partial charge in [0.1, 0.15) is 0 Å². The lowest BCUT2D eigenvalue weighted by Gasteiger charge is -2.37. The number of rotatable bonds is 6. The summed E-state index contributed by atoms with van der Waals surface area (Å²) < 4.78 is 5.51. The molecule has 0 aromatic rings. The topological polar surface area (TPSA) is 66.8 Å². The molecule has 1 aliphatic carbocycles. The van der Waals surface area contributed by atoms with Gasteiger partial charge in [-0.2, -0.15) is 0 Å². The first-order valence-electron chi connectivity index (χ1n) is 7.69. The van der Waals surface area contributed by atoms with Crippen molar-refractivity contribution in [1.82, 2.24) is 4.90 Å².